The lowest BCUT2D eigenvalue weighted by Crippen LogP contribution is -2.48. The number of benzene rings is 1. The summed E-state index contributed by atoms with van der Waals surface area (Å²) in [4.78, 5) is 22.1. The Morgan fingerprint density at radius 2 is 1.91 bits per heavy atom. The van der Waals surface area contributed by atoms with Crippen molar-refractivity contribution in [1.29, 1.82) is 0 Å². The van der Waals surface area contributed by atoms with E-state index in [1.807, 2.05) is 35.2 Å². The Morgan fingerprint density at radius 3 is 2.59 bits per heavy atom. The van der Waals surface area contributed by atoms with Gasteiger partial charge in [0.2, 0.25) is 5.91 Å². The van der Waals surface area contributed by atoms with Crippen LogP contribution in [0.15, 0.2) is 35.3 Å². The first kappa shape index (κ1) is 26.9. The van der Waals surface area contributed by atoms with Crippen molar-refractivity contribution < 1.29 is 9.53 Å². The first-order valence-electron chi connectivity index (χ1n) is 11.8. The van der Waals surface area contributed by atoms with E-state index in [4.69, 9.17) is 4.74 Å². The van der Waals surface area contributed by atoms with Crippen molar-refractivity contribution in [3.05, 3.63) is 35.9 Å². The molecule has 1 aromatic rings. The van der Waals surface area contributed by atoms with Gasteiger partial charge in [-0.05, 0) is 31.4 Å². The van der Waals surface area contributed by atoms with Crippen molar-refractivity contribution in [2.75, 3.05) is 59.5 Å². The van der Waals surface area contributed by atoms with E-state index in [1.54, 1.807) is 7.05 Å². The molecule has 2 fully saturated rings. The first-order valence-corrected chi connectivity index (χ1v) is 11.8. The number of halogens is 1. The maximum atomic E-state index is 13.3. The molecule has 3 rings (SSSR count). The van der Waals surface area contributed by atoms with Gasteiger partial charge in [0.05, 0.1) is 19.1 Å². The predicted molar refractivity (Wildman–Crippen MR) is 141 cm³/mol. The number of hydrogen-bond acceptors (Lipinski definition) is 4. The van der Waals surface area contributed by atoms with Crippen LogP contribution in [0.2, 0.25) is 0 Å². The molecule has 2 saturated heterocycles. The van der Waals surface area contributed by atoms with Gasteiger partial charge in [0.15, 0.2) is 5.96 Å². The van der Waals surface area contributed by atoms with Gasteiger partial charge in [-0.15, -0.1) is 24.0 Å². The second-order valence-electron chi connectivity index (χ2n) is 8.37. The van der Waals surface area contributed by atoms with E-state index in [9.17, 15) is 4.79 Å². The van der Waals surface area contributed by atoms with Crippen LogP contribution >= 0.6 is 24.0 Å². The second-order valence-corrected chi connectivity index (χ2v) is 8.37. The molecule has 7 nitrogen and oxygen atoms in total. The number of carbonyl (C=O) groups excluding carboxylic acids is 1. The number of nitrogens with one attached hydrogen (secondary N) is 2. The van der Waals surface area contributed by atoms with Gasteiger partial charge >= 0.3 is 0 Å². The average Bonchev–Trinajstić information content (AvgIpc) is 2.84. The molecule has 2 N–H and O–H groups in total. The number of ether oxygens (including phenoxy) is 1. The topological polar surface area (TPSA) is 69.2 Å². The second kappa shape index (κ2) is 14.7. The third kappa shape index (κ3) is 7.88. The zero-order chi connectivity index (χ0) is 21.9. The van der Waals surface area contributed by atoms with Crippen molar-refractivity contribution in [2.24, 2.45) is 4.99 Å². The van der Waals surface area contributed by atoms with Crippen molar-refractivity contribution in [1.82, 2.24) is 20.4 Å². The summed E-state index contributed by atoms with van der Waals surface area (Å²) in [6.07, 6.45) is 5.18. The highest BCUT2D eigenvalue weighted by Gasteiger charge is 2.27. The van der Waals surface area contributed by atoms with E-state index in [2.05, 4.69) is 27.4 Å². The number of amides is 1. The Morgan fingerprint density at radius 1 is 1.16 bits per heavy atom. The predicted octanol–water partition coefficient (Wildman–Crippen LogP) is 2.68. The summed E-state index contributed by atoms with van der Waals surface area (Å²) in [7, 11) is 1.78. The minimum Gasteiger partial charge on any atom is -0.378 e. The van der Waals surface area contributed by atoms with Gasteiger partial charge in [0.25, 0.3) is 0 Å². The number of piperidine rings is 1. The zero-order valence-electron chi connectivity index (χ0n) is 19.6. The van der Waals surface area contributed by atoms with E-state index in [0.717, 1.165) is 24.6 Å². The summed E-state index contributed by atoms with van der Waals surface area (Å²) in [6.45, 7) is 8.40. The molecule has 8 heteroatoms. The van der Waals surface area contributed by atoms with Crippen molar-refractivity contribution in [2.45, 2.75) is 44.6 Å². The molecule has 0 aromatic heterocycles. The molecule has 32 heavy (non-hydrogen) atoms. The van der Waals surface area contributed by atoms with E-state index in [0.29, 0.717) is 38.9 Å². The number of morpholine rings is 1. The monoisotopic (exact) mass is 557 g/mol. The van der Waals surface area contributed by atoms with Crippen molar-refractivity contribution in [3.8, 4) is 0 Å². The smallest absolute Gasteiger partial charge is 0.232 e. The maximum Gasteiger partial charge on any atom is 0.232 e. The third-order valence-corrected chi connectivity index (χ3v) is 6.43. The van der Waals surface area contributed by atoms with Crippen LogP contribution in [-0.4, -0.2) is 87.2 Å². The van der Waals surface area contributed by atoms with Crippen LogP contribution in [0.1, 0.15) is 44.1 Å². The molecule has 180 valence electrons. The largest absolute Gasteiger partial charge is 0.378 e. The van der Waals surface area contributed by atoms with Crippen LogP contribution in [0.4, 0.5) is 0 Å². The first-order chi connectivity index (χ1) is 15.2. The maximum absolute atomic E-state index is 13.3. The van der Waals surface area contributed by atoms with Crippen molar-refractivity contribution in [3.63, 3.8) is 0 Å². The molecule has 2 aliphatic rings. The molecule has 0 aliphatic carbocycles. The summed E-state index contributed by atoms with van der Waals surface area (Å²) >= 11 is 0. The molecule has 1 amide bonds. The van der Waals surface area contributed by atoms with Crippen LogP contribution in [0.25, 0.3) is 0 Å². The van der Waals surface area contributed by atoms with Gasteiger partial charge < -0.3 is 20.3 Å². The van der Waals surface area contributed by atoms with Crippen molar-refractivity contribution >= 4 is 35.8 Å². The molecule has 2 unspecified atom stereocenters. The summed E-state index contributed by atoms with van der Waals surface area (Å²) in [5, 5.41) is 6.83. The number of hydrogen-bond donors (Lipinski definition) is 2. The number of aliphatic imine (C=N–C) groups is 1. The molecule has 1 aromatic carbocycles. The normalized spacial score (nSPS) is 20.9. The third-order valence-electron chi connectivity index (χ3n) is 6.43. The molecule has 2 atom stereocenters. The Bertz CT molecular complexity index is 697. The fourth-order valence-corrected chi connectivity index (χ4v) is 4.59. The molecule has 0 saturated carbocycles. The van der Waals surface area contributed by atoms with Crippen LogP contribution in [-0.2, 0) is 9.53 Å². The standard InChI is InChI=1S/C24H39N5O2.HI/c1-3-21-11-7-8-13-28(21)14-12-26-24(25-2)27-19-22(20-9-5-4-6-10-20)23(30)29-15-17-31-18-16-29;/h4-6,9-10,21-22H,3,7-8,11-19H2,1-2H3,(H2,25,26,27);1H. The van der Waals surface area contributed by atoms with E-state index in [1.165, 1.54) is 32.2 Å². The number of carbonyl (C=O) groups is 1. The fraction of sp³-hybridized carbons (Fsp3) is 0.667. The Balaban J connectivity index is 0.00000363. The number of rotatable bonds is 8. The number of nitrogens with zero attached hydrogens (tertiary/aromatic N) is 3. The lowest BCUT2D eigenvalue weighted by Gasteiger charge is -2.35. The minimum absolute atomic E-state index is 0. The molecule has 0 radical (unpaired) electrons. The van der Waals surface area contributed by atoms with Gasteiger partial charge in [-0.3, -0.25) is 14.7 Å². The van der Waals surface area contributed by atoms with Crippen LogP contribution in [0.5, 0.6) is 0 Å². The lowest BCUT2D eigenvalue weighted by atomic mass is 9.97. The molecular weight excluding hydrogens is 517 g/mol. The Hall–Kier alpha value is -1.39. The SMILES string of the molecule is CCC1CCCCN1CCNC(=NC)NCC(C(=O)N1CCOCC1)c1ccccc1.I. The van der Waals surface area contributed by atoms with Gasteiger partial charge in [-0.25, -0.2) is 0 Å². The molecule has 2 aliphatic heterocycles. The molecule has 2 heterocycles. The molecule has 0 spiro atoms. The van der Waals surface area contributed by atoms with Gasteiger partial charge in [0, 0.05) is 45.8 Å². The molecule has 0 bridgehead atoms. The Labute approximate surface area is 210 Å². The quantitative estimate of drug-likeness (QED) is 0.293. The number of likely N-dealkylation sites (tertiary alicyclic amines) is 1. The fourth-order valence-electron chi connectivity index (χ4n) is 4.59. The summed E-state index contributed by atoms with van der Waals surface area (Å²) < 4.78 is 5.42. The minimum atomic E-state index is -0.246. The van der Waals surface area contributed by atoms with Crippen LogP contribution < -0.4 is 10.6 Å². The zero-order valence-corrected chi connectivity index (χ0v) is 21.9. The average molecular weight is 558 g/mol. The highest BCUT2D eigenvalue weighted by molar-refractivity contribution is 14.0. The lowest BCUT2D eigenvalue weighted by molar-refractivity contribution is -0.136. The van der Waals surface area contributed by atoms with E-state index >= 15 is 0 Å². The van der Waals surface area contributed by atoms with E-state index in [-0.39, 0.29) is 35.8 Å². The highest BCUT2D eigenvalue weighted by atomic mass is 127. The Kier molecular flexibility index (Phi) is 12.3. The van der Waals surface area contributed by atoms with Crippen LogP contribution in [0, 0.1) is 0 Å². The molecular formula is C24H40IN5O2. The van der Waals surface area contributed by atoms with E-state index < -0.39 is 0 Å². The summed E-state index contributed by atoms with van der Waals surface area (Å²) in [5.74, 6) is 0.654. The number of guanidine groups is 1. The van der Waals surface area contributed by atoms with Gasteiger partial charge in [0.1, 0.15) is 0 Å². The van der Waals surface area contributed by atoms with Crippen LogP contribution in [0.3, 0.4) is 0 Å². The summed E-state index contributed by atoms with van der Waals surface area (Å²) in [5.41, 5.74) is 1.03. The van der Waals surface area contributed by atoms with Gasteiger partial charge in [-0.1, -0.05) is 43.7 Å². The summed E-state index contributed by atoms with van der Waals surface area (Å²) in [6, 6.07) is 10.7. The highest BCUT2D eigenvalue weighted by Crippen LogP contribution is 2.19. The van der Waals surface area contributed by atoms with Gasteiger partial charge in [-0.2, -0.15) is 0 Å².